The monoisotopic (exact) mass is 248 g/mol. The van der Waals surface area contributed by atoms with E-state index in [2.05, 4.69) is 18.7 Å². The molecule has 1 aromatic rings. The second-order valence-electron chi connectivity index (χ2n) is 5.43. The summed E-state index contributed by atoms with van der Waals surface area (Å²) in [6, 6.07) is 5.14. The summed E-state index contributed by atoms with van der Waals surface area (Å²) in [5.41, 5.74) is 7.25. The molecule has 4 heteroatoms. The molecule has 1 aromatic carbocycles. The zero-order chi connectivity index (χ0) is 13.3. The second kappa shape index (κ2) is 4.88. The van der Waals surface area contributed by atoms with Crippen molar-refractivity contribution in [2.75, 3.05) is 23.7 Å². The molecule has 3 N–H and O–H groups in total. The molecule has 1 fully saturated rings. The highest BCUT2D eigenvalue weighted by Crippen LogP contribution is 2.29. The zero-order valence-electron chi connectivity index (χ0n) is 10.9. The molecule has 2 atom stereocenters. The summed E-state index contributed by atoms with van der Waals surface area (Å²) in [4.78, 5) is 13.5. The number of nitrogens with zero attached hydrogens (tertiary/aromatic N) is 1. The van der Waals surface area contributed by atoms with Gasteiger partial charge in [-0.05, 0) is 36.5 Å². The molecule has 1 saturated heterocycles. The van der Waals surface area contributed by atoms with E-state index in [0.29, 0.717) is 23.1 Å². The van der Waals surface area contributed by atoms with Gasteiger partial charge in [-0.2, -0.15) is 0 Å². The number of carboxylic acids is 1. The lowest BCUT2D eigenvalue weighted by atomic mass is 9.91. The number of aromatic carboxylic acids is 1. The van der Waals surface area contributed by atoms with Gasteiger partial charge in [-0.25, -0.2) is 4.79 Å². The first-order chi connectivity index (χ1) is 8.47. The van der Waals surface area contributed by atoms with Crippen LogP contribution in [0.5, 0.6) is 0 Å². The van der Waals surface area contributed by atoms with Crippen LogP contribution in [0.15, 0.2) is 18.2 Å². The van der Waals surface area contributed by atoms with E-state index in [4.69, 9.17) is 5.73 Å². The summed E-state index contributed by atoms with van der Waals surface area (Å²) >= 11 is 0. The average molecular weight is 248 g/mol. The standard InChI is InChI=1S/C14H20N2O2/c1-9-5-10(2)8-16(7-9)13-4-3-11(15)6-12(13)14(17)18/h3-4,6,9-10H,5,7-8,15H2,1-2H3,(H,17,18)/t9-,10+. The van der Waals surface area contributed by atoms with Crippen molar-refractivity contribution in [1.29, 1.82) is 0 Å². The van der Waals surface area contributed by atoms with Crippen LogP contribution in [-0.2, 0) is 0 Å². The third-order valence-electron chi connectivity index (χ3n) is 3.46. The van der Waals surface area contributed by atoms with E-state index in [0.717, 1.165) is 18.8 Å². The van der Waals surface area contributed by atoms with Crippen molar-refractivity contribution in [2.24, 2.45) is 11.8 Å². The molecule has 1 aliphatic rings. The zero-order valence-corrected chi connectivity index (χ0v) is 10.9. The number of carbonyl (C=O) groups is 1. The van der Waals surface area contributed by atoms with Crippen LogP contribution >= 0.6 is 0 Å². The Hall–Kier alpha value is -1.71. The molecular weight excluding hydrogens is 228 g/mol. The molecular formula is C14H20N2O2. The Morgan fingerprint density at radius 1 is 1.33 bits per heavy atom. The Morgan fingerprint density at radius 3 is 2.50 bits per heavy atom. The quantitative estimate of drug-likeness (QED) is 0.789. The van der Waals surface area contributed by atoms with Gasteiger partial charge in [0.2, 0.25) is 0 Å². The van der Waals surface area contributed by atoms with E-state index < -0.39 is 5.97 Å². The minimum atomic E-state index is -0.914. The molecule has 0 amide bonds. The molecule has 18 heavy (non-hydrogen) atoms. The van der Waals surface area contributed by atoms with E-state index in [1.54, 1.807) is 12.1 Å². The van der Waals surface area contributed by atoms with E-state index in [1.807, 2.05) is 6.07 Å². The largest absolute Gasteiger partial charge is 0.478 e. The first-order valence-corrected chi connectivity index (χ1v) is 6.35. The van der Waals surface area contributed by atoms with Gasteiger partial charge in [-0.3, -0.25) is 0 Å². The fourth-order valence-electron chi connectivity index (χ4n) is 2.86. The van der Waals surface area contributed by atoms with Crippen LogP contribution < -0.4 is 10.6 Å². The van der Waals surface area contributed by atoms with E-state index in [1.165, 1.54) is 6.42 Å². The van der Waals surface area contributed by atoms with E-state index in [9.17, 15) is 9.90 Å². The maximum atomic E-state index is 11.3. The van der Waals surface area contributed by atoms with Crippen molar-refractivity contribution < 1.29 is 9.90 Å². The van der Waals surface area contributed by atoms with Gasteiger partial charge in [-0.1, -0.05) is 13.8 Å². The van der Waals surface area contributed by atoms with Crippen LogP contribution in [0.3, 0.4) is 0 Å². The van der Waals surface area contributed by atoms with Gasteiger partial charge in [-0.15, -0.1) is 0 Å². The molecule has 0 aromatic heterocycles. The summed E-state index contributed by atoms with van der Waals surface area (Å²) in [5.74, 6) is 0.268. The highest BCUT2D eigenvalue weighted by Gasteiger charge is 2.25. The molecule has 2 rings (SSSR count). The average Bonchev–Trinajstić information content (AvgIpc) is 2.27. The van der Waals surface area contributed by atoms with Gasteiger partial charge in [0.05, 0.1) is 11.3 Å². The molecule has 1 heterocycles. The number of anilines is 2. The minimum Gasteiger partial charge on any atom is -0.478 e. The Morgan fingerprint density at radius 2 is 1.94 bits per heavy atom. The summed E-state index contributed by atoms with van der Waals surface area (Å²) in [6.07, 6.45) is 1.20. The van der Waals surface area contributed by atoms with Gasteiger partial charge >= 0.3 is 5.97 Å². The Balaban J connectivity index is 2.35. The number of hydrogen-bond donors (Lipinski definition) is 2. The van der Waals surface area contributed by atoms with Crippen molar-refractivity contribution in [2.45, 2.75) is 20.3 Å². The van der Waals surface area contributed by atoms with Crippen molar-refractivity contribution in [3.8, 4) is 0 Å². The minimum absolute atomic E-state index is 0.302. The molecule has 0 unspecified atom stereocenters. The van der Waals surface area contributed by atoms with Gasteiger partial charge in [0.15, 0.2) is 0 Å². The molecule has 0 radical (unpaired) electrons. The van der Waals surface area contributed by atoms with Gasteiger partial charge < -0.3 is 15.7 Å². The van der Waals surface area contributed by atoms with E-state index >= 15 is 0 Å². The number of carboxylic acid groups (broad SMARTS) is 1. The predicted molar refractivity (Wildman–Crippen MR) is 73.0 cm³/mol. The number of piperidine rings is 1. The normalized spacial score (nSPS) is 24.0. The Kier molecular flexibility index (Phi) is 3.45. The summed E-state index contributed by atoms with van der Waals surface area (Å²) < 4.78 is 0. The maximum absolute atomic E-state index is 11.3. The Labute approximate surface area is 107 Å². The van der Waals surface area contributed by atoms with Crippen LogP contribution in [0.2, 0.25) is 0 Å². The smallest absolute Gasteiger partial charge is 0.337 e. The highest BCUT2D eigenvalue weighted by molar-refractivity contribution is 5.95. The SMILES string of the molecule is C[C@@H]1C[C@H](C)CN(c2ccc(N)cc2C(=O)O)C1. The molecule has 1 aliphatic heterocycles. The fourth-order valence-corrected chi connectivity index (χ4v) is 2.86. The van der Waals surface area contributed by atoms with Crippen LogP contribution in [-0.4, -0.2) is 24.2 Å². The molecule has 98 valence electrons. The first kappa shape index (κ1) is 12.7. The van der Waals surface area contributed by atoms with Crippen LogP contribution in [0, 0.1) is 11.8 Å². The van der Waals surface area contributed by atoms with Crippen molar-refractivity contribution in [3.63, 3.8) is 0 Å². The number of hydrogen-bond acceptors (Lipinski definition) is 3. The molecule has 4 nitrogen and oxygen atoms in total. The van der Waals surface area contributed by atoms with Crippen molar-refractivity contribution in [1.82, 2.24) is 0 Å². The molecule has 0 saturated carbocycles. The lowest BCUT2D eigenvalue weighted by Crippen LogP contribution is -2.39. The topological polar surface area (TPSA) is 66.6 Å². The van der Waals surface area contributed by atoms with Gasteiger partial charge in [0, 0.05) is 18.8 Å². The third kappa shape index (κ3) is 2.58. The predicted octanol–water partition coefficient (Wildman–Crippen LogP) is 2.45. The third-order valence-corrected chi connectivity index (χ3v) is 3.46. The van der Waals surface area contributed by atoms with Crippen LogP contribution in [0.1, 0.15) is 30.6 Å². The van der Waals surface area contributed by atoms with Crippen LogP contribution in [0.25, 0.3) is 0 Å². The van der Waals surface area contributed by atoms with Gasteiger partial charge in [0.25, 0.3) is 0 Å². The molecule has 0 spiro atoms. The molecule has 0 aliphatic carbocycles. The summed E-state index contributed by atoms with van der Waals surface area (Å²) in [7, 11) is 0. The Bertz CT molecular complexity index is 449. The highest BCUT2D eigenvalue weighted by atomic mass is 16.4. The lowest BCUT2D eigenvalue weighted by Gasteiger charge is -2.37. The van der Waals surface area contributed by atoms with Crippen molar-refractivity contribution in [3.05, 3.63) is 23.8 Å². The number of nitrogen functional groups attached to an aromatic ring is 1. The second-order valence-corrected chi connectivity index (χ2v) is 5.43. The van der Waals surface area contributed by atoms with Gasteiger partial charge in [0.1, 0.15) is 0 Å². The fraction of sp³-hybridized carbons (Fsp3) is 0.500. The molecule has 0 bridgehead atoms. The number of rotatable bonds is 2. The first-order valence-electron chi connectivity index (χ1n) is 6.35. The summed E-state index contributed by atoms with van der Waals surface area (Å²) in [5, 5.41) is 9.27. The van der Waals surface area contributed by atoms with Crippen LogP contribution in [0.4, 0.5) is 11.4 Å². The van der Waals surface area contributed by atoms with Crippen molar-refractivity contribution >= 4 is 17.3 Å². The number of benzene rings is 1. The lowest BCUT2D eigenvalue weighted by molar-refractivity contribution is 0.0697. The summed E-state index contributed by atoms with van der Waals surface area (Å²) in [6.45, 7) is 6.24. The van der Waals surface area contributed by atoms with E-state index in [-0.39, 0.29) is 0 Å². The number of nitrogens with two attached hydrogens (primary N) is 1. The maximum Gasteiger partial charge on any atom is 0.337 e.